The van der Waals surface area contributed by atoms with Gasteiger partial charge in [-0.25, -0.2) is 0 Å². The predicted octanol–water partition coefficient (Wildman–Crippen LogP) is 2.38. The molecule has 25 heavy (non-hydrogen) atoms. The third-order valence-corrected chi connectivity index (χ3v) is 4.59. The second kappa shape index (κ2) is 9.66. The van der Waals surface area contributed by atoms with Crippen LogP contribution in [0.2, 0.25) is 10.0 Å². The van der Waals surface area contributed by atoms with Crippen molar-refractivity contribution in [2.75, 3.05) is 27.2 Å². The van der Waals surface area contributed by atoms with E-state index >= 15 is 0 Å². The highest BCUT2D eigenvalue weighted by Crippen LogP contribution is 2.22. The minimum absolute atomic E-state index is 0.0334. The molecule has 0 heterocycles. The van der Waals surface area contributed by atoms with Crippen molar-refractivity contribution in [2.24, 2.45) is 0 Å². The van der Waals surface area contributed by atoms with Gasteiger partial charge in [-0.15, -0.1) is 0 Å². The molecule has 1 unspecified atom stereocenters. The summed E-state index contributed by atoms with van der Waals surface area (Å²) in [5.41, 5.74) is 2.22. The molecule has 134 valence electrons. The number of carbonyl (C=O) groups excluding carboxylic acids is 1. The molecule has 2 aromatic rings. The molecule has 0 aliphatic rings. The van der Waals surface area contributed by atoms with E-state index in [9.17, 15) is 4.79 Å². The highest BCUT2D eigenvalue weighted by molar-refractivity contribution is 6.42. The molecular formula is C19H23Cl2N2O2+. The fourth-order valence-electron chi connectivity index (χ4n) is 2.54. The number of hydrogen-bond acceptors (Lipinski definition) is 2. The summed E-state index contributed by atoms with van der Waals surface area (Å²) < 4.78 is 5.13. The molecule has 0 saturated carbocycles. The molecule has 0 aliphatic carbocycles. The summed E-state index contributed by atoms with van der Waals surface area (Å²) in [7, 11) is 3.62. The number of ether oxygens (including phenoxy) is 1. The van der Waals surface area contributed by atoms with E-state index in [1.807, 2.05) is 43.4 Å². The Balaban J connectivity index is 1.72. The van der Waals surface area contributed by atoms with E-state index in [1.165, 1.54) is 0 Å². The number of halogens is 2. The van der Waals surface area contributed by atoms with Crippen molar-refractivity contribution in [3.63, 3.8) is 0 Å². The first-order chi connectivity index (χ1) is 12.0. The zero-order valence-electron chi connectivity index (χ0n) is 14.4. The number of nitrogens with one attached hydrogen (secondary N) is 2. The summed E-state index contributed by atoms with van der Waals surface area (Å²) in [6.45, 7) is 1.73. The number of methoxy groups -OCH3 is 1. The van der Waals surface area contributed by atoms with Gasteiger partial charge in [0.1, 0.15) is 12.3 Å². The fraction of sp³-hybridized carbons (Fsp3) is 0.316. The van der Waals surface area contributed by atoms with Crippen molar-refractivity contribution >= 4 is 29.1 Å². The molecule has 0 fully saturated rings. The van der Waals surface area contributed by atoms with E-state index < -0.39 is 0 Å². The molecule has 2 aromatic carbocycles. The molecule has 0 saturated heterocycles. The van der Waals surface area contributed by atoms with Crippen LogP contribution in [0.15, 0.2) is 42.5 Å². The molecular weight excluding hydrogens is 359 g/mol. The van der Waals surface area contributed by atoms with E-state index in [4.69, 9.17) is 27.9 Å². The Morgan fingerprint density at radius 1 is 1.08 bits per heavy atom. The second-order valence-electron chi connectivity index (χ2n) is 6.01. The van der Waals surface area contributed by atoms with Crippen LogP contribution in [0.25, 0.3) is 0 Å². The number of carbonyl (C=O) groups is 1. The van der Waals surface area contributed by atoms with Crippen LogP contribution >= 0.6 is 23.2 Å². The number of hydrogen-bond donors (Lipinski definition) is 2. The summed E-state index contributed by atoms with van der Waals surface area (Å²) >= 11 is 11.9. The first-order valence-corrected chi connectivity index (χ1v) is 8.88. The van der Waals surface area contributed by atoms with Gasteiger partial charge >= 0.3 is 0 Å². The lowest BCUT2D eigenvalue weighted by Crippen LogP contribution is -3.08. The Morgan fingerprint density at radius 3 is 2.40 bits per heavy atom. The molecule has 6 heteroatoms. The highest BCUT2D eigenvalue weighted by atomic mass is 35.5. The van der Waals surface area contributed by atoms with Crippen LogP contribution in [-0.2, 0) is 17.8 Å². The highest BCUT2D eigenvalue weighted by Gasteiger charge is 2.11. The number of quaternary nitrogens is 1. The number of rotatable bonds is 8. The van der Waals surface area contributed by atoms with Gasteiger partial charge in [0.25, 0.3) is 5.91 Å². The van der Waals surface area contributed by atoms with E-state index in [1.54, 1.807) is 13.2 Å². The minimum atomic E-state index is 0.0334. The molecule has 0 spiro atoms. The van der Waals surface area contributed by atoms with Gasteiger partial charge in [-0.3, -0.25) is 4.79 Å². The summed E-state index contributed by atoms with van der Waals surface area (Å²) in [6.07, 6.45) is 0.793. The van der Waals surface area contributed by atoms with E-state index in [2.05, 4.69) is 5.32 Å². The van der Waals surface area contributed by atoms with E-state index in [-0.39, 0.29) is 5.91 Å². The maximum Gasteiger partial charge on any atom is 0.275 e. The molecule has 1 atom stereocenters. The van der Waals surface area contributed by atoms with Crippen molar-refractivity contribution < 1.29 is 14.4 Å². The molecule has 2 rings (SSSR count). The van der Waals surface area contributed by atoms with Crippen molar-refractivity contribution in [3.05, 3.63) is 63.6 Å². The van der Waals surface area contributed by atoms with Crippen LogP contribution < -0.4 is 15.0 Å². The van der Waals surface area contributed by atoms with Gasteiger partial charge in [-0.2, -0.15) is 0 Å². The number of amides is 1. The Morgan fingerprint density at radius 2 is 1.76 bits per heavy atom. The van der Waals surface area contributed by atoms with Crippen LogP contribution in [0.4, 0.5) is 0 Å². The maximum atomic E-state index is 12.1. The first-order valence-electron chi connectivity index (χ1n) is 8.13. The lowest BCUT2D eigenvalue weighted by Gasteiger charge is -2.14. The Bertz CT molecular complexity index is 705. The van der Waals surface area contributed by atoms with Crippen molar-refractivity contribution in [2.45, 2.75) is 13.0 Å². The van der Waals surface area contributed by atoms with Crippen molar-refractivity contribution in [3.8, 4) is 5.75 Å². The third kappa shape index (κ3) is 6.58. The van der Waals surface area contributed by atoms with Gasteiger partial charge in [-0.1, -0.05) is 41.4 Å². The van der Waals surface area contributed by atoms with Gasteiger partial charge in [-0.05, 0) is 36.2 Å². The average molecular weight is 382 g/mol. The van der Waals surface area contributed by atoms with Crippen molar-refractivity contribution in [1.29, 1.82) is 0 Å². The smallest absolute Gasteiger partial charge is 0.275 e. The van der Waals surface area contributed by atoms with Gasteiger partial charge < -0.3 is 15.0 Å². The quantitative estimate of drug-likeness (QED) is 0.736. The lowest BCUT2D eigenvalue weighted by atomic mass is 10.1. The van der Waals surface area contributed by atoms with Crippen LogP contribution in [0.3, 0.4) is 0 Å². The molecule has 4 nitrogen and oxygen atoms in total. The van der Waals surface area contributed by atoms with Crippen LogP contribution in [-0.4, -0.2) is 33.2 Å². The number of benzene rings is 2. The summed E-state index contributed by atoms with van der Waals surface area (Å²) in [6, 6.07) is 13.4. The zero-order chi connectivity index (χ0) is 18.2. The molecule has 0 bridgehead atoms. The zero-order valence-corrected chi connectivity index (χ0v) is 16.0. The topological polar surface area (TPSA) is 42.8 Å². The minimum Gasteiger partial charge on any atom is -0.497 e. The standard InChI is InChI=1S/C19H22Cl2N2O2/c1-23(12-15-5-8-17(20)18(21)11-15)13-19(24)22-10-9-14-3-6-16(25-2)7-4-14/h3-8,11H,9-10,12-13H2,1-2H3,(H,22,24)/p+1. The predicted molar refractivity (Wildman–Crippen MR) is 102 cm³/mol. The number of likely N-dealkylation sites (N-methyl/N-ethyl adjacent to an activating group) is 1. The van der Waals surface area contributed by atoms with Crippen LogP contribution in [0, 0.1) is 0 Å². The monoisotopic (exact) mass is 381 g/mol. The Labute approximate surface area is 158 Å². The third-order valence-electron chi connectivity index (χ3n) is 3.85. The molecule has 0 radical (unpaired) electrons. The molecule has 1 amide bonds. The van der Waals surface area contributed by atoms with Crippen LogP contribution in [0.1, 0.15) is 11.1 Å². The van der Waals surface area contributed by atoms with Gasteiger partial charge in [0.05, 0.1) is 24.2 Å². The molecule has 2 N–H and O–H groups in total. The lowest BCUT2D eigenvalue weighted by molar-refractivity contribution is -0.885. The second-order valence-corrected chi connectivity index (χ2v) is 6.82. The van der Waals surface area contributed by atoms with E-state index in [0.29, 0.717) is 29.7 Å². The summed E-state index contributed by atoms with van der Waals surface area (Å²) in [5, 5.41) is 4.04. The van der Waals surface area contributed by atoms with Gasteiger partial charge in [0.15, 0.2) is 6.54 Å². The van der Waals surface area contributed by atoms with Crippen molar-refractivity contribution in [1.82, 2.24) is 5.32 Å². The Kier molecular flexibility index (Phi) is 7.56. The van der Waals surface area contributed by atoms with Crippen LogP contribution in [0.5, 0.6) is 5.75 Å². The molecule has 0 aromatic heterocycles. The summed E-state index contributed by atoms with van der Waals surface area (Å²) in [5.74, 6) is 0.867. The van der Waals surface area contributed by atoms with Gasteiger partial charge in [0.2, 0.25) is 0 Å². The van der Waals surface area contributed by atoms with Gasteiger partial charge in [0, 0.05) is 12.1 Å². The largest absolute Gasteiger partial charge is 0.497 e. The Hall–Kier alpha value is -1.75. The van der Waals surface area contributed by atoms with E-state index in [0.717, 1.165) is 28.2 Å². The first kappa shape index (κ1) is 19.6. The average Bonchev–Trinajstić information content (AvgIpc) is 2.58. The normalized spacial score (nSPS) is 11.8. The fourth-order valence-corrected chi connectivity index (χ4v) is 2.86. The molecule has 0 aliphatic heterocycles. The maximum absolute atomic E-state index is 12.1. The SMILES string of the molecule is COc1ccc(CCNC(=O)C[NH+](C)Cc2ccc(Cl)c(Cl)c2)cc1. The summed E-state index contributed by atoms with van der Waals surface area (Å²) in [4.78, 5) is 13.1.